The summed E-state index contributed by atoms with van der Waals surface area (Å²) in [6, 6.07) is 0. The Labute approximate surface area is 118 Å². The Balaban J connectivity index is 2.22. The van der Waals surface area contributed by atoms with E-state index in [1.54, 1.807) is 0 Å². The van der Waals surface area contributed by atoms with Crippen LogP contribution < -0.4 is 0 Å². The molecule has 0 aromatic heterocycles. The molecule has 1 saturated heterocycles. The molecule has 3 unspecified atom stereocenters. The van der Waals surface area contributed by atoms with Crippen molar-refractivity contribution in [2.75, 3.05) is 0 Å². The zero-order valence-electron chi connectivity index (χ0n) is 13.1. The van der Waals surface area contributed by atoms with E-state index in [1.807, 2.05) is 0 Å². The van der Waals surface area contributed by atoms with Gasteiger partial charge in [0.25, 0.3) is 0 Å². The maximum Gasteiger partial charge on any atom is 0.212 e. The Hall–Kier alpha value is -0.500. The van der Waals surface area contributed by atoms with Gasteiger partial charge >= 0.3 is 0 Å². The second kappa shape index (κ2) is 6.30. The first kappa shape index (κ1) is 14.9. The standard InChI is InChI=1S/C17H30O2/c1-5-7-12-17(13(3)4)18-15(6-2)14-10-8-9-11-16(14)19-17/h11,13-15H,5-10,12H2,1-4H3. The SMILES string of the molecule is CCCCC1(C(C)C)OC2=CCCCC2C(CC)O1. The molecule has 0 saturated carbocycles. The molecule has 0 radical (unpaired) electrons. The molecular formula is C17H30O2. The normalized spacial score (nSPS) is 34.7. The number of unbranched alkanes of at least 4 members (excludes halogenated alkanes) is 1. The zero-order chi connectivity index (χ0) is 13.9. The van der Waals surface area contributed by atoms with Crippen molar-refractivity contribution in [1.29, 1.82) is 0 Å². The predicted molar refractivity (Wildman–Crippen MR) is 78.8 cm³/mol. The van der Waals surface area contributed by atoms with Gasteiger partial charge in [0.15, 0.2) is 0 Å². The molecule has 0 amide bonds. The molecule has 0 bridgehead atoms. The van der Waals surface area contributed by atoms with Crippen LogP contribution in [0.25, 0.3) is 0 Å². The van der Waals surface area contributed by atoms with Crippen LogP contribution >= 0.6 is 0 Å². The highest BCUT2D eigenvalue weighted by atomic mass is 16.7. The third-order valence-electron chi connectivity index (χ3n) is 4.68. The third kappa shape index (κ3) is 2.99. The van der Waals surface area contributed by atoms with E-state index in [9.17, 15) is 0 Å². The van der Waals surface area contributed by atoms with Crippen molar-refractivity contribution in [2.24, 2.45) is 11.8 Å². The molecular weight excluding hydrogens is 236 g/mol. The van der Waals surface area contributed by atoms with Crippen LogP contribution in [0.4, 0.5) is 0 Å². The lowest BCUT2D eigenvalue weighted by Gasteiger charge is -2.49. The molecule has 1 heterocycles. The number of rotatable bonds is 5. The molecule has 19 heavy (non-hydrogen) atoms. The van der Waals surface area contributed by atoms with Crippen LogP contribution in [0.1, 0.15) is 72.6 Å². The lowest BCUT2D eigenvalue weighted by atomic mass is 9.84. The van der Waals surface area contributed by atoms with Crippen molar-refractivity contribution in [2.45, 2.75) is 84.5 Å². The van der Waals surface area contributed by atoms with Gasteiger partial charge in [-0.25, -0.2) is 0 Å². The average Bonchev–Trinajstić information content (AvgIpc) is 2.43. The van der Waals surface area contributed by atoms with Crippen LogP contribution in [0.5, 0.6) is 0 Å². The molecule has 1 aliphatic carbocycles. The van der Waals surface area contributed by atoms with E-state index < -0.39 is 0 Å². The van der Waals surface area contributed by atoms with Gasteiger partial charge in [-0.2, -0.15) is 0 Å². The summed E-state index contributed by atoms with van der Waals surface area (Å²) in [5.41, 5.74) is 0. The highest BCUT2D eigenvalue weighted by molar-refractivity contribution is 5.09. The first-order valence-electron chi connectivity index (χ1n) is 8.19. The summed E-state index contributed by atoms with van der Waals surface area (Å²) in [4.78, 5) is 0. The second-order valence-corrected chi connectivity index (χ2v) is 6.38. The Morgan fingerprint density at radius 3 is 2.79 bits per heavy atom. The summed E-state index contributed by atoms with van der Waals surface area (Å²) in [7, 11) is 0. The smallest absolute Gasteiger partial charge is 0.212 e. The van der Waals surface area contributed by atoms with Gasteiger partial charge in [-0.3, -0.25) is 0 Å². The van der Waals surface area contributed by atoms with Crippen molar-refractivity contribution in [3.05, 3.63) is 11.8 Å². The quantitative estimate of drug-likeness (QED) is 0.694. The fourth-order valence-corrected chi connectivity index (χ4v) is 3.37. The fourth-order valence-electron chi connectivity index (χ4n) is 3.37. The van der Waals surface area contributed by atoms with Gasteiger partial charge in [0.1, 0.15) is 5.76 Å². The summed E-state index contributed by atoms with van der Waals surface area (Å²) in [5.74, 6) is 1.76. The van der Waals surface area contributed by atoms with Gasteiger partial charge in [-0.1, -0.05) is 34.1 Å². The molecule has 2 aliphatic rings. The van der Waals surface area contributed by atoms with Crippen LogP contribution in [0.3, 0.4) is 0 Å². The maximum atomic E-state index is 6.49. The van der Waals surface area contributed by atoms with Crippen LogP contribution in [-0.4, -0.2) is 11.9 Å². The minimum absolute atomic E-state index is 0.347. The minimum atomic E-state index is -0.379. The first-order valence-corrected chi connectivity index (χ1v) is 8.19. The molecule has 2 nitrogen and oxygen atoms in total. The number of ether oxygens (including phenoxy) is 2. The third-order valence-corrected chi connectivity index (χ3v) is 4.68. The lowest BCUT2D eigenvalue weighted by molar-refractivity contribution is -0.310. The summed E-state index contributed by atoms with van der Waals surface area (Å²) in [6.07, 6.45) is 10.8. The number of allylic oxidation sites excluding steroid dienone is 1. The van der Waals surface area contributed by atoms with Crippen molar-refractivity contribution < 1.29 is 9.47 Å². The Morgan fingerprint density at radius 1 is 1.37 bits per heavy atom. The molecule has 2 rings (SSSR count). The van der Waals surface area contributed by atoms with E-state index in [1.165, 1.54) is 37.9 Å². The van der Waals surface area contributed by atoms with Gasteiger partial charge in [-0.05, 0) is 38.2 Å². The van der Waals surface area contributed by atoms with Crippen molar-refractivity contribution in [3.63, 3.8) is 0 Å². The Bertz CT molecular complexity index is 321. The summed E-state index contributed by atoms with van der Waals surface area (Å²) >= 11 is 0. The van der Waals surface area contributed by atoms with Crippen LogP contribution in [0.2, 0.25) is 0 Å². The van der Waals surface area contributed by atoms with Crippen molar-refractivity contribution in [3.8, 4) is 0 Å². The summed E-state index contributed by atoms with van der Waals surface area (Å²) < 4.78 is 12.9. The molecule has 3 atom stereocenters. The van der Waals surface area contributed by atoms with Gasteiger partial charge in [0.2, 0.25) is 5.79 Å². The minimum Gasteiger partial charge on any atom is -0.466 e. The van der Waals surface area contributed by atoms with Gasteiger partial charge in [0.05, 0.1) is 6.10 Å². The van der Waals surface area contributed by atoms with Crippen LogP contribution in [-0.2, 0) is 9.47 Å². The molecule has 1 aliphatic heterocycles. The van der Waals surface area contributed by atoms with Crippen molar-refractivity contribution >= 4 is 0 Å². The van der Waals surface area contributed by atoms with Crippen LogP contribution in [0, 0.1) is 11.8 Å². The molecule has 1 fully saturated rings. The number of hydrogen-bond acceptors (Lipinski definition) is 2. The molecule has 2 heteroatoms. The highest BCUT2D eigenvalue weighted by Gasteiger charge is 2.47. The average molecular weight is 266 g/mol. The number of hydrogen-bond donors (Lipinski definition) is 0. The number of fused-ring (bicyclic) bond motifs is 1. The van der Waals surface area contributed by atoms with E-state index in [-0.39, 0.29) is 5.79 Å². The Kier molecular flexibility index (Phi) is 4.94. The van der Waals surface area contributed by atoms with E-state index in [0.717, 1.165) is 12.8 Å². The first-order chi connectivity index (χ1) is 9.13. The summed E-state index contributed by atoms with van der Waals surface area (Å²) in [6.45, 7) is 8.93. The second-order valence-electron chi connectivity index (χ2n) is 6.38. The van der Waals surface area contributed by atoms with Gasteiger partial charge in [0, 0.05) is 18.3 Å². The zero-order valence-corrected chi connectivity index (χ0v) is 13.1. The predicted octanol–water partition coefficient (Wildman–Crippen LogP) is 5.04. The maximum absolute atomic E-state index is 6.49. The molecule has 0 spiro atoms. The summed E-state index contributed by atoms with van der Waals surface area (Å²) in [5, 5.41) is 0. The monoisotopic (exact) mass is 266 g/mol. The lowest BCUT2D eigenvalue weighted by Crippen LogP contribution is -2.51. The van der Waals surface area contributed by atoms with Crippen molar-refractivity contribution in [1.82, 2.24) is 0 Å². The fraction of sp³-hybridized carbons (Fsp3) is 0.882. The topological polar surface area (TPSA) is 18.5 Å². The van der Waals surface area contributed by atoms with E-state index in [2.05, 4.69) is 33.8 Å². The molecule has 0 aromatic carbocycles. The Morgan fingerprint density at radius 2 is 2.16 bits per heavy atom. The van der Waals surface area contributed by atoms with Gasteiger partial charge in [-0.15, -0.1) is 0 Å². The highest BCUT2D eigenvalue weighted by Crippen LogP contribution is 2.45. The molecule has 0 N–H and O–H groups in total. The van der Waals surface area contributed by atoms with Gasteiger partial charge < -0.3 is 9.47 Å². The largest absolute Gasteiger partial charge is 0.466 e. The van der Waals surface area contributed by atoms with E-state index >= 15 is 0 Å². The molecule has 110 valence electrons. The van der Waals surface area contributed by atoms with E-state index in [4.69, 9.17) is 9.47 Å². The van der Waals surface area contributed by atoms with Crippen LogP contribution in [0.15, 0.2) is 11.8 Å². The molecule has 0 aromatic rings. The van der Waals surface area contributed by atoms with E-state index in [0.29, 0.717) is 17.9 Å².